The zero-order chi connectivity index (χ0) is 22.1. The van der Waals surface area contributed by atoms with Gasteiger partial charge in [-0.3, -0.25) is 14.5 Å². The minimum atomic E-state index is -0.274. The Morgan fingerprint density at radius 1 is 0.875 bits per heavy atom. The van der Waals surface area contributed by atoms with Crippen LogP contribution in [0, 0.1) is 6.92 Å². The average Bonchev–Trinajstić information content (AvgIpc) is 3.07. The van der Waals surface area contributed by atoms with Gasteiger partial charge < -0.3 is 4.74 Å². The van der Waals surface area contributed by atoms with E-state index in [1.807, 2.05) is 73.7 Å². The van der Waals surface area contributed by atoms with Crippen molar-refractivity contribution >= 4 is 50.5 Å². The largest absolute Gasteiger partial charge is 0.492 e. The van der Waals surface area contributed by atoms with Crippen LogP contribution in [0.15, 0.2) is 83.8 Å². The van der Waals surface area contributed by atoms with Crippen molar-refractivity contribution in [3.05, 3.63) is 94.9 Å². The Balaban J connectivity index is 1.42. The van der Waals surface area contributed by atoms with Gasteiger partial charge in [-0.1, -0.05) is 66.2 Å². The van der Waals surface area contributed by atoms with E-state index in [9.17, 15) is 9.59 Å². The molecule has 0 aromatic heterocycles. The SMILES string of the molecule is Cc1ccc(OCCN2C(=O)S/C(=C\c3c4ccccc4cc4ccccc34)C2=O)cc1. The lowest BCUT2D eigenvalue weighted by atomic mass is 9.96. The summed E-state index contributed by atoms with van der Waals surface area (Å²) in [7, 11) is 0. The highest BCUT2D eigenvalue weighted by Gasteiger charge is 2.35. The molecule has 4 aromatic rings. The van der Waals surface area contributed by atoms with Crippen LogP contribution in [0.5, 0.6) is 5.75 Å². The van der Waals surface area contributed by atoms with Gasteiger partial charge in [-0.2, -0.15) is 0 Å². The van der Waals surface area contributed by atoms with Crippen LogP contribution in [-0.4, -0.2) is 29.2 Å². The molecule has 0 aliphatic carbocycles. The van der Waals surface area contributed by atoms with Crippen molar-refractivity contribution in [1.82, 2.24) is 4.90 Å². The lowest BCUT2D eigenvalue weighted by molar-refractivity contribution is -0.123. The van der Waals surface area contributed by atoms with Crippen LogP contribution >= 0.6 is 11.8 Å². The quantitative estimate of drug-likeness (QED) is 0.266. The maximum atomic E-state index is 13.0. The summed E-state index contributed by atoms with van der Waals surface area (Å²) >= 11 is 0.985. The minimum Gasteiger partial charge on any atom is -0.492 e. The van der Waals surface area contributed by atoms with E-state index in [-0.39, 0.29) is 24.3 Å². The fourth-order valence-corrected chi connectivity index (χ4v) is 4.76. The van der Waals surface area contributed by atoms with E-state index in [1.54, 1.807) is 0 Å². The molecule has 0 saturated carbocycles. The number of ether oxygens (including phenoxy) is 1. The van der Waals surface area contributed by atoms with E-state index >= 15 is 0 Å². The van der Waals surface area contributed by atoms with Gasteiger partial charge in [0.1, 0.15) is 12.4 Å². The third-order valence-electron chi connectivity index (χ3n) is 5.57. The Morgan fingerprint density at radius 3 is 2.16 bits per heavy atom. The van der Waals surface area contributed by atoms with Crippen LogP contribution in [0.25, 0.3) is 27.6 Å². The second kappa shape index (κ2) is 8.52. The standard InChI is InChI=1S/C27H21NO3S/c1-18-10-12-21(13-11-18)31-15-14-28-26(29)25(32-27(28)30)17-24-22-8-4-2-6-19(22)16-20-7-3-5-9-23(20)24/h2-13,16-17H,14-15H2,1H3/b25-17-. The zero-order valence-electron chi connectivity index (χ0n) is 17.6. The number of aryl methyl sites for hydroxylation is 1. The number of nitrogens with zero attached hydrogens (tertiary/aromatic N) is 1. The van der Waals surface area contributed by atoms with Crippen molar-refractivity contribution in [1.29, 1.82) is 0 Å². The van der Waals surface area contributed by atoms with Gasteiger partial charge in [0.2, 0.25) is 0 Å². The first-order valence-corrected chi connectivity index (χ1v) is 11.3. The monoisotopic (exact) mass is 439 g/mol. The molecule has 0 radical (unpaired) electrons. The molecule has 158 valence electrons. The Kier molecular flexibility index (Phi) is 5.41. The minimum absolute atomic E-state index is 0.214. The summed E-state index contributed by atoms with van der Waals surface area (Å²) in [6, 6.07) is 26.1. The third-order valence-corrected chi connectivity index (χ3v) is 6.47. The fourth-order valence-electron chi connectivity index (χ4n) is 3.92. The number of fused-ring (bicyclic) bond motifs is 2. The van der Waals surface area contributed by atoms with Crippen molar-refractivity contribution in [3.63, 3.8) is 0 Å². The lowest BCUT2D eigenvalue weighted by Gasteiger charge is -2.13. The molecule has 5 heteroatoms. The van der Waals surface area contributed by atoms with Crippen LogP contribution in [0.2, 0.25) is 0 Å². The summed E-state index contributed by atoms with van der Waals surface area (Å²) < 4.78 is 5.71. The Labute approximate surface area is 190 Å². The molecule has 1 heterocycles. The molecule has 1 aliphatic rings. The van der Waals surface area contributed by atoms with Gasteiger partial charge in [-0.05, 0) is 70.1 Å². The predicted molar refractivity (Wildman–Crippen MR) is 131 cm³/mol. The smallest absolute Gasteiger partial charge is 0.293 e. The lowest BCUT2D eigenvalue weighted by Crippen LogP contribution is -2.32. The first-order valence-electron chi connectivity index (χ1n) is 10.5. The van der Waals surface area contributed by atoms with Crippen LogP contribution in [0.1, 0.15) is 11.1 Å². The summed E-state index contributed by atoms with van der Waals surface area (Å²) in [6.45, 7) is 2.48. The van der Waals surface area contributed by atoms with Gasteiger partial charge in [0.15, 0.2) is 0 Å². The van der Waals surface area contributed by atoms with E-state index in [1.165, 1.54) is 4.90 Å². The van der Waals surface area contributed by atoms with Crippen molar-refractivity contribution in [2.75, 3.05) is 13.2 Å². The summed E-state index contributed by atoms with van der Waals surface area (Å²) in [5, 5.41) is 4.05. The van der Waals surface area contributed by atoms with Crippen molar-refractivity contribution in [3.8, 4) is 5.75 Å². The number of amides is 2. The first-order chi connectivity index (χ1) is 15.6. The molecule has 1 saturated heterocycles. The molecule has 0 spiro atoms. The number of hydrogen-bond donors (Lipinski definition) is 0. The molecule has 0 unspecified atom stereocenters. The summed E-state index contributed by atoms with van der Waals surface area (Å²) in [6.07, 6.45) is 1.86. The predicted octanol–water partition coefficient (Wildman–Crippen LogP) is 6.42. The van der Waals surface area contributed by atoms with Crippen LogP contribution in [-0.2, 0) is 4.79 Å². The van der Waals surface area contributed by atoms with Crippen LogP contribution < -0.4 is 4.74 Å². The van der Waals surface area contributed by atoms with Crippen LogP contribution in [0.3, 0.4) is 0 Å². The fraction of sp³-hybridized carbons (Fsp3) is 0.111. The normalized spacial score (nSPS) is 15.3. The van der Waals surface area contributed by atoms with Gasteiger partial charge in [-0.15, -0.1) is 0 Å². The number of imide groups is 1. The van der Waals surface area contributed by atoms with E-state index in [4.69, 9.17) is 4.74 Å². The Bertz CT molecular complexity index is 1320. The highest BCUT2D eigenvalue weighted by atomic mass is 32.2. The first kappa shape index (κ1) is 20.3. The molecule has 0 N–H and O–H groups in total. The van der Waals surface area contributed by atoms with E-state index < -0.39 is 0 Å². The zero-order valence-corrected chi connectivity index (χ0v) is 18.4. The second-order valence-electron chi connectivity index (χ2n) is 7.73. The number of carbonyl (C=O) groups excluding carboxylic acids is 2. The molecule has 4 aromatic carbocycles. The second-order valence-corrected chi connectivity index (χ2v) is 8.72. The van der Waals surface area contributed by atoms with Crippen molar-refractivity contribution in [2.24, 2.45) is 0 Å². The number of carbonyl (C=O) groups is 2. The highest BCUT2D eigenvalue weighted by Crippen LogP contribution is 2.36. The molecule has 2 amide bonds. The topological polar surface area (TPSA) is 46.6 Å². The average molecular weight is 440 g/mol. The van der Waals surface area contributed by atoms with Crippen molar-refractivity contribution < 1.29 is 14.3 Å². The number of rotatable bonds is 5. The van der Waals surface area contributed by atoms with Gasteiger partial charge in [0, 0.05) is 0 Å². The van der Waals surface area contributed by atoms with Crippen LogP contribution in [0.4, 0.5) is 4.79 Å². The van der Waals surface area contributed by atoms with Gasteiger partial charge in [0.25, 0.3) is 11.1 Å². The van der Waals surface area contributed by atoms with E-state index in [0.29, 0.717) is 4.91 Å². The summed E-state index contributed by atoms with van der Waals surface area (Å²) in [4.78, 5) is 27.3. The van der Waals surface area contributed by atoms with Gasteiger partial charge in [0.05, 0.1) is 11.4 Å². The van der Waals surface area contributed by atoms with E-state index in [0.717, 1.165) is 50.2 Å². The molecule has 1 aliphatic heterocycles. The maximum absolute atomic E-state index is 13.0. The number of benzene rings is 4. The van der Waals surface area contributed by atoms with Gasteiger partial charge >= 0.3 is 0 Å². The molecule has 1 fully saturated rings. The number of thioether (sulfide) groups is 1. The molecule has 4 nitrogen and oxygen atoms in total. The Morgan fingerprint density at radius 2 is 1.50 bits per heavy atom. The maximum Gasteiger partial charge on any atom is 0.293 e. The Hall–Kier alpha value is -3.57. The highest BCUT2D eigenvalue weighted by molar-refractivity contribution is 8.18. The molecule has 0 atom stereocenters. The molecular formula is C27H21NO3S. The van der Waals surface area contributed by atoms with Crippen molar-refractivity contribution in [2.45, 2.75) is 6.92 Å². The van der Waals surface area contributed by atoms with E-state index in [2.05, 4.69) is 18.2 Å². The van der Waals surface area contributed by atoms with Gasteiger partial charge in [-0.25, -0.2) is 0 Å². The molecule has 32 heavy (non-hydrogen) atoms. The number of hydrogen-bond acceptors (Lipinski definition) is 4. The molecular weight excluding hydrogens is 418 g/mol. The molecule has 5 rings (SSSR count). The third kappa shape index (κ3) is 3.87. The molecule has 0 bridgehead atoms. The summed E-state index contributed by atoms with van der Waals surface area (Å²) in [5.41, 5.74) is 2.11. The summed E-state index contributed by atoms with van der Waals surface area (Å²) in [5.74, 6) is 0.449.